The minimum atomic E-state index is -0.477. The second kappa shape index (κ2) is 8.67. The molecule has 26 heavy (non-hydrogen) atoms. The molecule has 0 aliphatic carbocycles. The smallest absolute Gasteiger partial charge is 0.309 e. The van der Waals surface area contributed by atoms with Gasteiger partial charge in [-0.2, -0.15) is 0 Å². The molecule has 1 N–H and O–H groups in total. The first-order valence-corrected chi connectivity index (χ1v) is 8.33. The van der Waals surface area contributed by atoms with E-state index in [9.17, 15) is 9.59 Å². The van der Waals surface area contributed by atoms with Crippen LogP contribution in [0.25, 0.3) is 10.8 Å². The number of rotatable bonds is 7. The molecule has 0 fully saturated rings. The number of para-hydroxylation sites is 1. The highest BCUT2D eigenvalue weighted by Crippen LogP contribution is 2.18. The predicted octanol–water partition coefficient (Wildman–Crippen LogP) is 3.79. The van der Waals surface area contributed by atoms with E-state index in [2.05, 4.69) is 5.32 Å². The Hall–Kier alpha value is -3.34. The molecule has 3 aromatic rings. The lowest BCUT2D eigenvalue weighted by molar-refractivity contribution is -0.147. The molecule has 5 nitrogen and oxygen atoms in total. The van der Waals surface area contributed by atoms with Gasteiger partial charge in [-0.25, -0.2) is 0 Å². The van der Waals surface area contributed by atoms with E-state index in [-0.39, 0.29) is 25.5 Å². The Morgan fingerprint density at radius 2 is 1.58 bits per heavy atom. The lowest BCUT2D eigenvalue weighted by Crippen LogP contribution is -2.21. The van der Waals surface area contributed by atoms with Gasteiger partial charge in [-0.3, -0.25) is 9.59 Å². The third-order valence-electron chi connectivity index (χ3n) is 3.72. The highest BCUT2D eigenvalue weighted by molar-refractivity contribution is 5.95. The second-order valence-electron chi connectivity index (χ2n) is 5.68. The summed E-state index contributed by atoms with van der Waals surface area (Å²) in [6.07, 6.45) is 0.0815. The first-order valence-electron chi connectivity index (χ1n) is 8.33. The van der Waals surface area contributed by atoms with Crippen LogP contribution in [0.4, 0.5) is 5.69 Å². The fourth-order valence-electron chi connectivity index (χ4n) is 2.45. The summed E-state index contributed by atoms with van der Waals surface area (Å²) in [7, 11) is 0. The highest BCUT2D eigenvalue weighted by Gasteiger charge is 2.08. The first kappa shape index (κ1) is 17.5. The molecule has 0 spiro atoms. The van der Waals surface area contributed by atoms with Crippen LogP contribution in [0.1, 0.15) is 6.42 Å². The Kier molecular flexibility index (Phi) is 5.83. The number of esters is 1. The second-order valence-corrected chi connectivity index (χ2v) is 5.68. The molecule has 1 amide bonds. The Labute approximate surface area is 151 Å². The van der Waals surface area contributed by atoms with Crippen molar-refractivity contribution in [3.63, 3.8) is 0 Å². The van der Waals surface area contributed by atoms with Gasteiger partial charge in [-0.15, -0.1) is 0 Å². The van der Waals surface area contributed by atoms with Crippen LogP contribution in [0.3, 0.4) is 0 Å². The van der Waals surface area contributed by atoms with Crippen molar-refractivity contribution in [2.24, 2.45) is 0 Å². The van der Waals surface area contributed by atoms with Crippen molar-refractivity contribution < 1.29 is 19.1 Å². The molecule has 0 saturated heterocycles. The molecule has 0 radical (unpaired) electrons. The lowest BCUT2D eigenvalue weighted by atomic mass is 10.1. The third-order valence-corrected chi connectivity index (χ3v) is 3.72. The van der Waals surface area contributed by atoms with Crippen LogP contribution in [0.15, 0.2) is 72.8 Å². The van der Waals surface area contributed by atoms with Gasteiger partial charge >= 0.3 is 5.97 Å². The molecule has 0 aliphatic rings. The molecule has 0 atom stereocenters. The summed E-state index contributed by atoms with van der Waals surface area (Å²) >= 11 is 0. The zero-order valence-electron chi connectivity index (χ0n) is 14.2. The molecule has 0 heterocycles. The number of hydrogen-bond acceptors (Lipinski definition) is 4. The zero-order valence-corrected chi connectivity index (χ0v) is 14.2. The fraction of sp³-hybridized carbons (Fsp3) is 0.143. The quantitative estimate of drug-likeness (QED) is 0.659. The van der Waals surface area contributed by atoms with Crippen molar-refractivity contribution in [1.82, 2.24) is 0 Å². The Bertz CT molecular complexity index is 893. The summed E-state index contributed by atoms with van der Waals surface area (Å²) in [6.45, 7) is -0.119. The standard InChI is InChI=1S/C21H19NO4/c23-20(22-18-11-10-16-6-4-5-7-17(16)14-18)15-26-21(24)12-13-25-19-8-2-1-3-9-19/h1-11,14H,12-13,15H2,(H,22,23). The zero-order chi connectivity index (χ0) is 18.2. The van der Waals surface area contributed by atoms with Crippen molar-refractivity contribution in [1.29, 1.82) is 0 Å². The van der Waals surface area contributed by atoms with Crippen LogP contribution in [0.2, 0.25) is 0 Å². The van der Waals surface area contributed by atoms with Gasteiger partial charge in [0.25, 0.3) is 5.91 Å². The molecule has 0 unspecified atom stereocenters. The molecule has 0 saturated carbocycles. The molecule has 3 rings (SSSR count). The summed E-state index contributed by atoms with van der Waals surface area (Å²) in [5, 5.41) is 4.84. The number of carbonyl (C=O) groups is 2. The number of hydrogen-bond donors (Lipinski definition) is 1. The van der Waals surface area contributed by atoms with Crippen LogP contribution in [0, 0.1) is 0 Å². The van der Waals surface area contributed by atoms with Gasteiger partial charge in [0.15, 0.2) is 6.61 Å². The minimum Gasteiger partial charge on any atom is -0.493 e. The average molecular weight is 349 g/mol. The van der Waals surface area contributed by atoms with Gasteiger partial charge in [0.2, 0.25) is 0 Å². The Morgan fingerprint density at radius 1 is 0.846 bits per heavy atom. The maximum Gasteiger partial charge on any atom is 0.309 e. The normalized spacial score (nSPS) is 10.3. The molecule has 0 aliphatic heterocycles. The Morgan fingerprint density at radius 3 is 2.38 bits per heavy atom. The number of ether oxygens (including phenoxy) is 2. The van der Waals surface area contributed by atoms with E-state index in [0.29, 0.717) is 11.4 Å². The van der Waals surface area contributed by atoms with E-state index in [1.807, 2.05) is 72.8 Å². The molecule has 132 valence electrons. The van der Waals surface area contributed by atoms with E-state index in [1.165, 1.54) is 0 Å². The molecule has 0 bridgehead atoms. The first-order chi connectivity index (χ1) is 12.7. The van der Waals surface area contributed by atoms with Crippen LogP contribution < -0.4 is 10.1 Å². The predicted molar refractivity (Wildman–Crippen MR) is 100 cm³/mol. The van der Waals surface area contributed by atoms with Gasteiger partial charge in [0.05, 0.1) is 13.0 Å². The number of nitrogens with one attached hydrogen (secondary N) is 1. The van der Waals surface area contributed by atoms with Crippen molar-refractivity contribution >= 4 is 28.3 Å². The number of fused-ring (bicyclic) bond motifs is 1. The van der Waals surface area contributed by atoms with Gasteiger partial charge < -0.3 is 14.8 Å². The maximum atomic E-state index is 11.9. The van der Waals surface area contributed by atoms with E-state index in [4.69, 9.17) is 9.47 Å². The van der Waals surface area contributed by atoms with Crippen molar-refractivity contribution in [2.75, 3.05) is 18.5 Å². The number of amides is 1. The fourth-order valence-corrected chi connectivity index (χ4v) is 2.45. The highest BCUT2D eigenvalue weighted by atomic mass is 16.5. The summed E-state index contributed by atoms with van der Waals surface area (Å²) in [6, 6.07) is 22.7. The van der Waals surface area contributed by atoms with Gasteiger partial charge in [0, 0.05) is 5.69 Å². The van der Waals surface area contributed by atoms with Crippen molar-refractivity contribution in [2.45, 2.75) is 6.42 Å². The van der Waals surface area contributed by atoms with Crippen molar-refractivity contribution in [3.8, 4) is 5.75 Å². The molecule has 0 aromatic heterocycles. The topological polar surface area (TPSA) is 64.6 Å². The number of carbonyl (C=O) groups excluding carboxylic acids is 2. The lowest BCUT2D eigenvalue weighted by Gasteiger charge is -2.08. The largest absolute Gasteiger partial charge is 0.493 e. The maximum absolute atomic E-state index is 11.9. The molecule has 3 aromatic carbocycles. The van der Waals surface area contributed by atoms with E-state index < -0.39 is 5.97 Å². The van der Waals surface area contributed by atoms with Crippen LogP contribution in [0.5, 0.6) is 5.75 Å². The van der Waals surface area contributed by atoms with E-state index >= 15 is 0 Å². The number of benzene rings is 3. The molecular formula is C21H19NO4. The van der Waals surface area contributed by atoms with Gasteiger partial charge in [-0.05, 0) is 35.0 Å². The molecule has 5 heteroatoms. The number of anilines is 1. The van der Waals surface area contributed by atoms with Gasteiger partial charge in [-0.1, -0.05) is 48.5 Å². The summed E-state index contributed by atoms with van der Waals surface area (Å²) in [5.41, 5.74) is 0.664. The van der Waals surface area contributed by atoms with Crippen molar-refractivity contribution in [3.05, 3.63) is 72.8 Å². The van der Waals surface area contributed by atoms with Crippen LogP contribution >= 0.6 is 0 Å². The molecular weight excluding hydrogens is 330 g/mol. The SMILES string of the molecule is O=C(COC(=O)CCOc1ccccc1)Nc1ccc2ccccc2c1. The van der Waals surface area contributed by atoms with Gasteiger partial charge in [0.1, 0.15) is 5.75 Å². The Balaban J connectivity index is 1.40. The van der Waals surface area contributed by atoms with E-state index in [1.54, 1.807) is 0 Å². The van der Waals surface area contributed by atoms with Crippen LogP contribution in [-0.4, -0.2) is 25.1 Å². The summed E-state index contributed by atoms with van der Waals surface area (Å²) < 4.78 is 10.4. The third kappa shape index (κ3) is 5.08. The minimum absolute atomic E-state index is 0.0815. The van der Waals surface area contributed by atoms with E-state index in [0.717, 1.165) is 10.8 Å². The van der Waals surface area contributed by atoms with Crippen LogP contribution in [-0.2, 0) is 14.3 Å². The average Bonchev–Trinajstić information content (AvgIpc) is 2.67. The summed E-state index contributed by atoms with van der Waals surface area (Å²) in [5.74, 6) is -0.165. The summed E-state index contributed by atoms with van der Waals surface area (Å²) in [4.78, 5) is 23.6. The monoisotopic (exact) mass is 349 g/mol.